The Hall–Kier alpha value is -1.64. The molecule has 0 bridgehead atoms. The molecule has 1 amide bonds. The number of sulfonamides is 1. The van der Waals surface area contributed by atoms with Gasteiger partial charge in [0.15, 0.2) is 0 Å². The zero-order chi connectivity index (χ0) is 18.7. The number of carbonyl (C=O) groups is 1. The Kier molecular flexibility index (Phi) is 5.84. The van der Waals surface area contributed by atoms with Crippen LogP contribution < -0.4 is 4.72 Å². The van der Waals surface area contributed by atoms with Gasteiger partial charge in [-0.05, 0) is 37.3 Å². The number of benzene rings is 2. The number of amides is 1. The molecule has 1 saturated heterocycles. The van der Waals surface area contributed by atoms with Gasteiger partial charge in [-0.3, -0.25) is 0 Å². The Balaban J connectivity index is 1.75. The molecule has 8 heteroatoms. The second kappa shape index (κ2) is 7.94. The first kappa shape index (κ1) is 19.1. The molecule has 1 fully saturated rings. The van der Waals surface area contributed by atoms with E-state index in [9.17, 15) is 13.2 Å². The molecule has 6 nitrogen and oxygen atoms in total. The highest BCUT2D eigenvalue weighted by Crippen LogP contribution is 2.29. The maximum Gasteiger partial charge on any atom is 0.409 e. The minimum Gasteiger partial charge on any atom is -0.450 e. The highest BCUT2D eigenvalue weighted by molar-refractivity contribution is 9.10. The Bertz CT molecular complexity index is 909. The number of ether oxygens (including phenoxy) is 1. The first-order valence-corrected chi connectivity index (χ1v) is 10.8. The molecule has 0 saturated carbocycles. The van der Waals surface area contributed by atoms with Gasteiger partial charge in [0.05, 0.1) is 11.5 Å². The van der Waals surface area contributed by atoms with Crippen molar-refractivity contribution in [3.8, 4) is 0 Å². The molecule has 1 N–H and O–H groups in total. The van der Waals surface area contributed by atoms with Gasteiger partial charge in [-0.2, -0.15) is 0 Å². The average molecular weight is 441 g/mol. The first-order valence-electron chi connectivity index (χ1n) is 8.53. The molecule has 0 unspecified atom stereocenters. The Morgan fingerprint density at radius 2 is 1.85 bits per heavy atom. The van der Waals surface area contributed by atoms with Crippen LogP contribution in [0.4, 0.5) is 4.79 Å². The van der Waals surface area contributed by atoms with Gasteiger partial charge in [0.25, 0.3) is 0 Å². The molecule has 0 aromatic heterocycles. The smallest absolute Gasteiger partial charge is 0.409 e. The maximum absolute atomic E-state index is 12.9. The van der Waals surface area contributed by atoms with Crippen LogP contribution in [0.25, 0.3) is 10.8 Å². The molecule has 0 radical (unpaired) electrons. The van der Waals surface area contributed by atoms with Gasteiger partial charge in [0.2, 0.25) is 10.0 Å². The number of piperidine rings is 1. The largest absolute Gasteiger partial charge is 0.450 e. The van der Waals surface area contributed by atoms with E-state index in [1.165, 1.54) is 0 Å². The van der Waals surface area contributed by atoms with Gasteiger partial charge in [-0.25, -0.2) is 17.9 Å². The van der Waals surface area contributed by atoms with Crippen molar-refractivity contribution in [1.29, 1.82) is 0 Å². The topological polar surface area (TPSA) is 75.7 Å². The van der Waals surface area contributed by atoms with Crippen molar-refractivity contribution in [1.82, 2.24) is 9.62 Å². The van der Waals surface area contributed by atoms with Gasteiger partial charge in [0.1, 0.15) is 0 Å². The Morgan fingerprint density at radius 3 is 2.50 bits per heavy atom. The number of hydrogen-bond donors (Lipinski definition) is 1. The molecule has 0 aliphatic carbocycles. The normalized spacial score (nSPS) is 16.0. The number of fused-ring (bicyclic) bond motifs is 1. The van der Waals surface area contributed by atoms with E-state index in [1.807, 2.05) is 18.2 Å². The predicted molar refractivity (Wildman–Crippen MR) is 104 cm³/mol. The summed E-state index contributed by atoms with van der Waals surface area (Å²) in [7, 11) is -3.66. The fraction of sp³-hybridized carbons (Fsp3) is 0.389. The van der Waals surface area contributed by atoms with E-state index in [0.717, 1.165) is 9.86 Å². The molecule has 0 atom stereocenters. The number of likely N-dealkylation sites (tertiary alicyclic amines) is 1. The van der Waals surface area contributed by atoms with Crippen LogP contribution in [0.5, 0.6) is 0 Å². The summed E-state index contributed by atoms with van der Waals surface area (Å²) in [6.45, 7) is 3.06. The van der Waals surface area contributed by atoms with Crippen LogP contribution in [0.3, 0.4) is 0 Å². The van der Waals surface area contributed by atoms with Crippen molar-refractivity contribution in [3.63, 3.8) is 0 Å². The molecule has 1 heterocycles. The molecule has 140 valence electrons. The third-order valence-electron chi connectivity index (χ3n) is 4.46. The first-order chi connectivity index (χ1) is 12.4. The van der Waals surface area contributed by atoms with Gasteiger partial charge in [-0.15, -0.1) is 0 Å². The lowest BCUT2D eigenvalue weighted by molar-refractivity contribution is 0.0966. The minimum absolute atomic E-state index is 0.201. The summed E-state index contributed by atoms with van der Waals surface area (Å²) >= 11 is 3.46. The standard InChI is InChI=1S/C18H21BrN2O4S/c1-2-25-18(22)21-11-9-13(10-12-21)20-26(23,24)17-8-7-16(19)14-5-3-4-6-15(14)17/h3-8,13,20H,2,9-12H2,1H3. The number of rotatable bonds is 4. The van der Waals surface area contributed by atoms with Gasteiger partial charge < -0.3 is 9.64 Å². The third kappa shape index (κ3) is 4.02. The fourth-order valence-corrected chi connectivity index (χ4v) is 5.14. The summed E-state index contributed by atoms with van der Waals surface area (Å²) in [5, 5.41) is 1.53. The summed E-state index contributed by atoms with van der Waals surface area (Å²) in [4.78, 5) is 13.6. The van der Waals surface area contributed by atoms with Crippen molar-refractivity contribution in [2.75, 3.05) is 19.7 Å². The molecule has 3 rings (SSSR count). The van der Waals surface area contributed by atoms with E-state index in [1.54, 1.807) is 30.0 Å². The van der Waals surface area contributed by atoms with Crippen molar-refractivity contribution in [2.45, 2.75) is 30.7 Å². The van der Waals surface area contributed by atoms with Crippen LogP contribution in [-0.4, -0.2) is 45.1 Å². The van der Waals surface area contributed by atoms with Crippen LogP contribution in [0.2, 0.25) is 0 Å². The summed E-state index contributed by atoms with van der Waals surface area (Å²) in [5.74, 6) is 0. The molecular weight excluding hydrogens is 420 g/mol. The highest BCUT2D eigenvalue weighted by atomic mass is 79.9. The van der Waals surface area contributed by atoms with Gasteiger partial charge >= 0.3 is 6.09 Å². The van der Waals surface area contributed by atoms with E-state index in [2.05, 4.69) is 20.7 Å². The van der Waals surface area contributed by atoms with Crippen LogP contribution in [0.15, 0.2) is 45.8 Å². The number of halogens is 1. The van der Waals surface area contributed by atoms with Crippen LogP contribution in [0.1, 0.15) is 19.8 Å². The Morgan fingerprint density at radius 1 is 1.19 bits per heavy atom. The fourth-order valence-electron chi connectivity index (χ4n) is 3.15. The minimum atomic E-state index is -3.66. The second-order valence-electron chi connectivity index (χ2n) is 6.17. The van der Waals surface area contributed by atoms with Crippen molar-refractivity contribution < 1.29 is 17.9 Å². The zero-order valence-electron chi connectivity index (χ0n) is 14.4. The average Bonchev–Trinajstić information content (AvgIpc) is 2.62. The SMILES string of the molecule is CCOC(=O)N1CCC(NS(=O)(=O)c2ccc(Br)c3ccccc23)CC1. The van der Waals surface area contributed by atoms with Crippen LogP contribution in [-0.2, 0) is 14.8 Å². The molecule has 1 aliphatic heterocycles. The molecule has 2 aromatic rings. The molecule has 2 aromatic carbocycles. The lowest BCUT2D eigenvalue weighted by Crippen LogP contribution is -2.46. The predicted octanol–water partition coefficient (Wildman–Crippen LogP) is 3.50. The zero-order valence-corrected chi connectivity index (χ0v) is 16.8. The highest BCUT2D eigenvalue weighted by Gasteiger charge is 2.28. The monoisotopic (exact) mass is 440 g/mol. The Labute approximate surface area is 161 Å². The van der Waals surface area contributed by atoms with E-state index < -0.39 is 10.0 Å². The quantitative estimate of drug-likeness (QED) is 0.788. The lowest BCUT2D eigenvalue weighted by atomic mass is 10.1. The third-order valence-corrected chi connectivity index (χ3v) is 6.73. The van der Waals surface area contributed by atoms with Crippen molar-refractivity contribution in [3.05, 3.63) is 40.9 Å². The molecular formula is C18H21BrN2O4S. The second-order valence-corrected chi connectivity index (χ2v) is 8.71. The van der Waals surface area contributed by atoms with Crippen LogP contribution in [0, 0.1) is 0 Å². The van der Waals surface area contributed by atoms with Crippen molar-refractivity contribution >= 4 is 42.8 Å². The molecule has 1 aliphatic rings. The lowest BCUT2D eigenvalue weighted by Gasteiger charge is -2.31. The number of nitrogens with one attached hydrogen (secondary N) is 1. The number of hydrogen-bond acceptors (Lipinski definition) is 4. The van der Waals surface area contributed by atoms with Gasteiger partial charge in [0, 0.05) is 29.0 Å². The summed E-state index contributed by atoms with van der Waals surface area (Å²) in [6, 6.07) is 10.6. The molecule has 26 heavy (non-hydrogen) atoms. The molecule has 0 spiro atoms. The summed E-state index contributed by atoms with van der Waals surface area (Å²) in [6.07, 6.45) is 0.784. The summed E-state index contributed by atoms with van der Waals surface area (Å²) in [5.41, 5.74) is 0. The summed E-state index contributed by atoms with van der Waals surface area (Å²) < 4.78 is 34.5. The van der Waals surface area contributed by atoms with E-state index >= 15 is 0 Å². The van der Waals surface area contributed by atoms with E-state index in [0.29, 0.717) is 37.9 Å². The van der Waals surface area contributed by atoms with Gasteiger partial charge in [-0.1, -0.05) is 40.2 Å². The number of nitrogens with zero attached hydrogens (tertiary/aromatic N) is 1. The van der Waals surface area contributed by atoms with Crippen molar-refractivity contribution in [2.24, 2.45) is 0 Å². The maximum atomic E-state index is 12.9. The van der Waals surface area contributed by atoms with E-state index in [4.69, 9.17) is 4.74 Å². The van der Waals surface area contributed by atoms with Crippen LogP contribution >= 0.6 is 15.9 Å². The van der Waals surface area contributed by atoms with E-state index in [-0.39, 0.29) is 17.0 Å². The number of carbonyl (C=O) groups excluding carboxylic acids is 1.